The number of nitrogens with one attached hydrogen (secondary N) is 2. The van der Waals surface area contributed by atoms with E-state index in [0.29, 0.717) is 24.5 Å². The fourth-order valence-electron chi connectivity index (χ4n) is 3.36. The molecule has 2 aromatic carbocycles. The Morgan fingerprint density at radius 3 is 2.41 bits per heavy atom. The molecule has 27 heavy (non-hydrogen) atoms. The lowest BCUT2D eigenvalue weighted by atomic mass is 9.91. The predicted octanol–water partition coefficient (Wildman–Crippen LogP) is 3.74. The first-order valence-electron chi connectivity index (χ1n) is 8.74. The van der Waals surface area contributed by atoms with Crippen LogP contribution in [-0.2, 0) is 6.54 Å². The molecule has 0 aliphatic rings. The van der Waals surface area contributed by atoms with Gasteiger partial charge in [-0.3, -0.25) is 14.9 Å². The number of benzene rings is 2. The molecular weight excluding hydrogens is 346 g/mol. The molecule has 2 rings (SSSR count). The van der Waals surface area contributed by atoms with Crippen LogP contribution in [0.25, 0.3) is 0 Å². The van der Waals surface area contributed by atoms with Crippen LogP contribution in [0.1, 0.15) is 39.5 Å². The quantitative estimate of drug-likeness (QED) is 0.371. The molecule has 0 saturated heterocycles. The number of anilines is 2. The average Bonchev–Trinajstić information content (AvgIpc) is 2.59. The predicted molar refractivity (Wildman–Crippen MR) is 107 cm³/mol. The maximum absolute atomic E-state index is 12.0. The zero-order valence-corrected chi connectivity index (χ0v) is 16.0. The summed E-state index contributed by atoms with van der Waals surface area (Å²) in [5.41, 5.74) is 5.85. The van der Waals surface area contributed by atoms with Gasteiger partial charge in [0.05, 0.1) is 22.9 Å². The fraction of sp³-hybridized carbons (Fsp3) is 0.350. The van der Waals surface area contributed by atoms with Crippen molar-refractivity contribution in [1.82, 2.24) is 0 Å². The van der Waals surface area contributed by atoms with Crippen LogP contribution in [0.15, 0.2) is 24.3 Å². The van der Waals surface area contributed by atoms with Gasteiger partial charge in [0.1, 0.15) is 0 Å². The van der Waals surface area contributed by atoms with Gasteiger partial charge in [0.25, 0.3) is 5.69 Å². The van der Waals surface area contributed by atoms with Gasteiger partial charge >= 0.3 is 0 Å². The van der Waals surface area contributed by atoms with Crippen LogP contribution in [0.3, 0.4) is 0 Å². The molecule has 0 spiro atoms. The van der Waals surface area contributed by atoms with Crippen molar-refractivity contribution < 1.29 is 14.8 Å². The third kappa shape index (κ3) is 4.62. The molecule has 0 heterocycles. The Morgan fingerprint density at radius 1 is 1.11 bits per heavy atom. The molecule has 7 heteroatoms. The maximum Gasteiger partial charge on any atom is 0.271 e. The zero-order chi connectivity index (χ0) is 20.1. The molecular formula is C20H25N3O4. The van der Waals surface area contributed by atoms with E-state index < -0.39 is 4.92 Å². The lowest BCUT2D eigenvalue weighted by Gasteiger charge is -2.18. The number of aliphatic hydroxyl groups is 1. The van der Waals surface area contributed by atoms with Crippen molar-refractivity contribution in [3.8, 4) is 0 Å². The number of rotatable bonds is 8. The largest absolute Gasteiger partial charge is 0.395 e. The van der Waals surface area contributed by atoms with E-state index in [0.717, 1.165) is 27.8 Å². The van der Waals surface area contributed by atoms with Crippen LogP contribution in [0.5, 0.6) is 0 Å². The highest BCUT2D eigenvalue weighted by atomic mass is 16.6. The maximum atomic E-state index is 12.0. The average molecular weight is 371 g/mol. The van der Waals surface area contributed by atoms with Gasteiger partial charge in [-0.15, -0.1) is 0 Å². The molecule has 144 valence electrons. The van der Waals surface area contributed by atoms with Crippen LogP contribution in [0, 0.1) is 30.9 Å². The molecule has 0 amide bonds. The smallest absolute Gasteiger partial charge is 0.271 e. The third-order valence-corrected chi connectivity index (χ3v) is 4.58. The summed E-state index contributed by atoms with van der Waals surface area (Å²) in [6, 6.07) is 6.48. The number of carbonyl (C=O) groups excluding carboxylic acids is 1. The Hall–Kier alpha value is -2.93. The van der Waals surface area contributed by atoms with E-state index in [-0.39, 0.29) is 18.1 Å². The lowest BCUT2D eigenvalue weighted by Crippen LogP contribution is -2.12. The number of carbonyl (C=O) groups is 1. The molecule has 0 aliphatic heterocycles. The minimum Gasteiger partial charge on any atom is -0.395 e. The summed E-state index contributed by atoms with van der Waals surface area (Å²) in [7, 11) is 0. The Kier molecular flexibility index (Phi) is 6.52. The molecule has 7 nitrogen and oxygen atoms in total. The van der Waals surface area contributed by atoms with Crippen molar-refractivity contribution in [1.29, 1.82) is 0 Å². The highest BCUT2D eigenvalue weighted by Gasteiger charge is 2.16. The Labute approximate surface area is 158 Å². The van der Waals surface area contributed by atoms with E-state index in [4.69, 9.17) is 5.11 Å². The topological polar surface area (TPSA) is 104 Å². The molecule has 0 unspecified atom stereocenters. The molecule has 0 bridgehead atoms. The van der Waals surface area contributed by atoms with E-state index in [9.17, 15) is 14.9 Å². The van der Waals surface area contributed by atoms with Crippen molar-refractivity contribution in [3.05, 3.63) is 62.2 Å². The highest BCUT2D eigenvalue weighted by molar-refractivity contribution is 5.97. The van der Waals surface area contributed by atoms with Gasteiger partial charge in [-0.05, 0) is 56.0 Å². The van der Waals surface area contributed by atoms with Crippen LogP contribution >= 0.6 is 0 Å². The van der Waals surface area contributed by atoms with Gasteiger partial charge < -0.3 is 15.7 Å². The number of aliphatic hydroxyl groups excluding tert-OH is 1. The molecule has 2 aromatic rings. The summed E-state index contributed by atoms with van der Waals surface area (Å²) in [4.78, 5) is 22.6. The van der Waals surface area contributed by atoms with E-state index in [1.165, 1.54) is 12.1 Å². The van der Waals surface area contributed by atoms with Gasteiger partial charge in [-0.25, -0.2) is 0 Å². The molecule has 3 N–H and O–H groups in total. The van der Waals surface area contributed by atoms with Gasteiger partial charge in [-0.2, -0.15) is 0 Å². The van der Waals surface area contributed by atoms with Crippen molar-refractivity contribution in [2.45, 2.75) is 34.2 Å². The molecule has 0 radical (unpaired) electrons. The Bertz CT molecular complexity index is 878. The van der Waals surface area contributed by atoms with E-state index in [2.05, 4.69) is 10.6 Å². The van der Waals surface area contributed by atoms with Crippen LogP contribution < -0.4 is 10.6 Å². The zero-order valence-electron chi connectivity index (χ0n) is 16.0. The molecule has 0 aromatic heterocycles. The number of nitro groups is 1. The monoisotopic (exact) mass is 371 g/mol. The van der Waals surface area contributed by atoms with Gasteiger partial charge in [0.15, 0.2) is 5.78 Å². The number of aryl methyl sites for hydroxylation is 2. The van der Waals surface area contributed by atoms with Crippen LogP contribution in [-0.4, -0.2) is 29.0 Å². The SMILES string of the molecule is CC(=O)c1c(C)cc(C)c(CNc2cc([N+](=O)[O-])ccc2NCCO)c1C. The number of Topliss-reactive ketones (excluding diaryl/α,β-unsaturated/α-hetero) is 1. The standard InChI is InChI=1S/C20H25N3O4/c1-12-9-13(2)20(15(4)25)14(3)17(12)11-22-19-10-16(23(26)27)5-6-18(19)21-7-8-24/h5-6,9-10,21-22,24H,7-8,11H2,1-4H3. The van der Waals surface area contributed by atoms with Crippen LogP contribution in [0.2, 0.25) is 0 Å². The molecule has 0 aliphatic carbocycles. The number of nitrogens with zero attached hydrogens (tertiary/aromatic N) is 1. The summed E-state index contributed by atoms with van der Waals surface area (Å²) in [5, 5.41) is 26.4. The fourth-order valence-corrected chi connectivity index (χ4v) is 3.36. The van der Waals surface area contributed by atoms with Gasteiger partial charge in [-0.1, -0.05) is 6.07 Å². The first-order chi connectivity index (χ1) is 12.8. The number of hydrogen-bond acceptors (Lipinski definition) is 6. The number of non-ortho nitro benzene ring substituents is 1. The minimum atomic E-state index is -0.447. The Morgan fingerprint density at radius 2 is 1.81 bits per heavy atom. The van der Waals surface area contributed by atoms with Gasteiger partial charge in [0, 0.05) is 30.8 Å². The van der Waals surface area contributed by atoms with Crippen molar-refractivity contribution in [3.63, 3.8) is 0 Å². The summed E-state index contributed by atoms with van der Waals surface area (Å²) >= 11 is 0. The van der Waals surface area contributed by atoms with Crippen LogP contribution in [0.4, 0.5) is 17.1 Å². The summed E-state index contributed by atoms with van der Waals surface area (Å²) in [5.74, 6) is 0.0203. The normalized spacial score (nSPS) is 10.6. The summed E-state index contributed by atoms with van der Waals surface area (Å²) in [6.07, 6.45) is 0. The summed E-state index contributed by atoms with van der Waals surface area (Å²) in [6.45, 7) is 8.10. The number of ketones is 1. The Balaban J connectivity index is 2.38. The molecule has 0 atom stereocenters. The first kappa shape index (κ1) is 20.4. The minimum absolute atomic E-state index is 0.0196. The highest BCUT2D eigenvalue weighted by Crippen LogP contribution is 2.29. The van der Waals surface area contributed by atoms with Crippen molar-refractivity contribution in [2.24, 2.45) is 0 Å². The second-order valence-electron chi connectivity index (χ2n) is 6.54. The van der Waals surface area contributed by atoms with Crippen molar-refractivity contribution >= 4 is 22.8 Å². The van der Waals surface area contributed by atoms with E-state index in [1.807, 2.05) is 26.8 Å². The first-order valence-corrected chi connectivity index (χ1v) is 8.74. The molecule has 0 saturated carbocycles. The van der Waals surface area contributed by atoms with E-state index in [1.54, 1.807) is 13.0 Å². The third-order valence-electron chi connectivity index (χ3n) is 4.58. The molecule has 0 fully saturated rings. The number of nitro benzene ring substituents is 1. The second kappa shape index (κ2) is 8.64. The second-order valence-corrected chi connectivity index (χ2v) is 6.54. The number of hydrogen-bond donors (Lipinski definition) is 3. The van der Waals surface area contributed by atoms with Crippen molar-refractivity contribution in [2.75, 3.05) is 23.8 Å². The summed E-state index contributed by atoms with van der Waals surface area (Å²) < 4.78 is 0. The lowest BCUT2D eigenvalue weighted by molar-refractivity contribution is -0.384. The van der Waals surface area contributed by atoms with Gasteiger partial charge in [0.2, 0.25) is 0 Å². The van der Waals surface area contributed by atoms with E-state index >= 15 is 0 Å².